The van der Waals surface area contributed by atoms with Gasteiger partial charge in [0.2, 0.25) is 0 Å². The second-order valence-electron chi connectivity index (χ2n) is 4.27. The highest BCUT2D eigenvalue weighted by atomic mass is 19.3. The SMILES string of the molecule is N#Cc1ccc(-c2ccc(CCC=C(F)F)cn2)cc1. The Morgan fingerprint density at radius 2 is 1.90 bits per heavy atom. The third-order valence-corrected chi connectivity index (χ3v) is 2.87. The molecule has 0 aliphatic heterocycles. The molecule has 0 atom stereocenters. The van der Waals surface area contributed by atoms with Crippen LogP contribution in [0.15, 0.2) is 54.8 Å². The zero-order valence-corrected chi connectivity index (χ0v) is 10.7. The standard InChI is InChI=1S/C16H12F2N2/c17-16(18)3-1-2-13-6-9-15(20-11-13)14-7-4-12(10-19)5-8-14/h3-9,11H,1-2H2. The lowest BCUT2D eigenvalue weighted by molar-refractivity contribution is 0.417. The van der Waals surface area contributed by atoms with Crippen LogP contribution in [0.2, 0.25) is 0 Å². The van der Waals surface area contributed by atoms with Crippen molar-refractivity contribution in [2.75, 3.05) is 0 Å². The van der Waals surface area contributed by atoms with Gasteiger partial charge in [0.05, 0.1) is 17.3 Å². The maximum atomic E-state index is 11.9. The molecule has 2 aromatic rings. The minimum atomic E-state index is -1.65. The fourth-order valence-corrected chi connectivity index (χ4v) is 1.81. The topological polar surface area (TPSA) is 36.7 Å². The van der Waals surface area contributed by atoms with Crippen LogP contribution in [0.5, 0.6) is 0 Å². The van der Waals surface area contributed by atoms with E-state index in [9.17, 15) is 8.78 Å². The van der Waals surface area contributed by atoms with Crippen LogP contribution in [0, 0.1) is 11.3 Å². The van der Waals surface area contributed by atoms with E-state index in [4.69, 9.17) is 5.26 Å². The normalized spacial score (nSPS) is 9.85. The summed E-state index contributed by atoms with van der Waals surface area (Å²) in [4.78, 5) is 4.31. The largest absolute Gasteiger partial charge is 0.266 e. The molecular weight excluding hydrogens is 258 g/mol. The summed E-state index contributed by atoms with van der Waals surface area (Å²) in [6, 6.07) is 12.9. The van der Waals surface area contributed by atoms with Crippen molar-refractivity contribution in [3.63, 3.8) is 0 Å². The molecule has 0 saturated heterocycles. The highest BCUT2D eigenvalue weighted by Gasteiger charge is 2.00. The van der Waals surface area contributed by atoms with Crippen molar-refractivity contribution in [3.8, 4) is 17.3 Å². The lowest BCUT2D eigenvalue weighted by atomic mass is 10.1. The van der Waals surface area contributed by atoms with E-state index in [0.29, 0.717) is 18.4 Å². The summed E-state index contributed by atoms with van der Waals surface area (Å²) in [5.74, 6) is 0. The number of hydrogen-bond donors (Lipinski definition) is 0. The van der Waals surface area contributed by atoms with Crippen molar-refractivity contribution in [2.24, 2.45) is 0 Å². The molecule has 0 N–H and O–H groups in total. The first-order valence-electron chi connectivity index (χ1n) is 6.15. The van der Waals surface area contributed by atoms with E-state index in [0.717, 1.165) is 22.9 Å². The van der Waals surface area contributed by atoms with Crippen molar-refractivity contribution < 1.29 is 8.78 Å². The molecule has 2 rings (SSSR count). The molecule has 0 amide bonds. The second-order valence-corrected chi connectivity index (χ2v) is 4.27. The highest BCUT2D eigenvalue weighted by molar-refractivity contribution is 5.60. The molecule has 0 spiro atoms. The number of aryl methyl sites for hydroxylation is 1. The van der Waals surface area contributed by atoms with E-state index >= 15 is 0 Å². The summed E-state index contributed by atoms with van der Waals surface area (Å²) >= 11 is 0. The summed E-state index contributed by atoms with van der Waals surface area (Å²) in [6.45, 7) is 0. The van der Waals surface area contributed by atoms with Gasteiger partial charge in [0, 0.05) is 11.8 Å². The molecule has 0 aliphatic carbocycles. The van der Waals surface area contributed by atoms with Crippen molar-refractivity contribution in [2.45, 2.75) is 12.8 Å². The van der Waals surface area contributed by atoms with Crippen LogP contribution in [-0.4, -0.2) is 4.98 Å². The first kappa shape index (κ1) is 13.9. The number of benzene rings is 1. The van der Waals surface area contributed by atoms with Gasteiger partial charge in [-0.05, 0) is 42.7 Å². The Morgan fingerprint density at radius 1 is 1.15 bits per heavy atom. The molecule has 0 radical (unpaired) electrons. The molecule has 100 valence electrons. The minimum absolute atomic E-state index is 0.306. The minimum Gasteiger partial charge on any atom is -0.256 e. The maximum Gasteiger partial charge on any atom is 0.266 e. The molecule has 4 heteroatoms. The van der Waals surface area contributed by atoms with E-state index < -0.39 is 6.08 Å². The van der Waals surface area contributed by atoms with Crippen LogP contribution in [-0.2, 0) is 6.42 Å². The predicted molar refractivity (Wildman–Crippen MR) is 73.0 cm³/mol. The van der Waals surface area contributed by atoms with Gasteiger partial charge in [0.1, 0.15) is 0 Å². The Labute approximate surface area is 116 Å². The Balaban J connectivity index is 2.07. The molecule has 0 bridgehead atoms. The van der Waals surface area contributed by atoms with E-state index in [1.807, 2.05) is 24.3 Å². The van der Waals surface area contributed by atoms with Crippen LogP contribution in [0.4, 0.5) is 8.78 Å². The van der Waals surface area contributed by atoms with E-state index in [2.05, 4.69) is 11.1 Å². The number of hydrogen-bond acceptors (Lipinski definition) is 2. The molecule has 20 heavy (non-hydrogen) atoms. The van der Waals surface area contributed by atoms with Crippen molar-refractivity contribution in [1.82, 2.24) is 4.98 Å². The molecule has 0 unspecified atom stereocenters. The average Bonchev–Trinajstić information content (AvgIpc) is 2.48. The smallest absolute Gasteiger partial charge is 0.256 e. The first-order valence-corrected chi connectivity index (χ1v) is 6.15. The molecule has 1 aromatic heterocycles. The fraction of sp³-hybridized carbons (Fsp3) is 0.125. The fourth-order valence-electron chi connectivity index (χ4n) is 1.81. The van der Waals surface area contributed by atoms with Gasteiger partial charge in [-0.2, -0.15) is 14.0 Å². The lowest BCUT2D eigenvalue weighted by Crippen LogP contribution is -1.88. The molecule has 0 aliphatic rings. The lowest BCUT2D eigenvalue weighted by Gasteiger charge is -2.03. The third-order valence-electron chi connectivity index (χ3n) is 2.87. The van der Waals surface area contributed by atoms with Gasteiger partial charge in [-0.25, -0.2) is 0 Å². The number of nitrogens with zero attached hydrogens (tertiary/aromatic N) is 2. The first-order chi connectivity index (χ1) is 9.69. The number of pyridine rings is 1. The molecule has 1 aromatic carbocycles. The predicted octanol–water partition coefficient (Wildman–Crippen LogP) is 4.33. The van der Waals surface area contributed by atoms with Crippen LogP contribution < -0.4 is 0 Å². The zero-order valence-electron chi connectivity index (χ0n) is 10.7. The van der Waals surface area contributed by atoms with Gasteiger partial charge in [0.25, 0.3) is 6.08 Å². The van der Waals surface area contributed by atoms with E-state index in [1.54, 1.807) is 18.3 Å². The highest BCUT2D eigenvalue weighted by Crippen LogP contribution is 2.18. The van der Waals surface area contributed by atoms with Crippen LogP contribution in [0.25, 0.3) is 11.3 Å². The molecule has 1 heterocycles. The third kappa shape index (κ3) is 3.72. The number of rotatable bonds is 4. The number of nitriles is 1. The van der Waals surface area contributed by atoms with Gasteiger partial charge < -0.3 is 0 Å². The van der Waals surface area contributed by atoms with Crippen LogP contribution in [0.1, 0.15) is 17.5 Å². The van der Waals surface area contributed by atoms with Gasteiger partial charge >= 0.3 is 0 Å². The van der Waals surface area contributed by atoms with Gasteiger partial charge in [-0.15, -0.1) is 0 Å². The van der Waals surface area contributed by atoms with E-state index in [1.165, 1.54) is 0 Å². The Morgan fingerprint density at radius 3 is 2.45 bits per heavy atom. The Kier molecular flexibility index (Phi) is 4.56. The number of halogens is 2. The van der Waals surface area contributed by atoms with Gasteiger partial charge in [-0.1, -0.05) is 18.2 Å². The molecular formula is C16H12F2N2. The van der Waals surface area contributed by atoms with Gasteiger partial charge in [-0.3, -0.25) is 4.98 Å². The van der Waals surface area contributed by atoms with Crippen molar-refractivity contribution >= 4 is 0 Å². The van der Waals surface area contributed by atoms with Crippen LogP contribution in [0.3, 0.4) is 0 Å². The second kappa shape index (κ2) is 6.58. The maximum absolute atomic E-state index is 11.9. The summed E-state index contributed by atoms with van der Waals surface area (Å²) < 4.78 is 23.8. The average molecular weight is 270 g/mol. The summed E-state index contributed by atoms with van der Waals surface area (Å²) in [5.41, 5.74) is 3.24. The van der Waals surface area contributed by atoms with Crippen molar-refractivity contribution in [1.29, 1.82) is 5.26 Å². The monoisotopic (exact) mass is 270 g/mol. The molecule has 0 fully saturated rings. The summed E-state index contributed by atoms with van der Waals surface area (Å²) in [6.07, 6.45) is 1.80. The quantitative estimate of drug-likeness (QED) is 0.829. The van der Waals surface area contributed by atoms with Crippen molar-refractivity contribution in [3.05, 3.63) is 65.9 Å². The number of allylic oxidation sites excluding steroid dienone is 1. The van der Waals surface area contributed by atoms with Crippen LogP contribution >= 0.6 is 0 Å². The Bertz CT molecular complexity index is 634. The molecule has 0 saturated carbocycles. The summed E-state index contributed by atoms with van der Waals surface area (Å²) in [5, 5.41) is 8.73. The molecule has 2 nitrogen and oxygen atoms in total. The zero-order chi connectivity index (χ0) is 14.4. The van der Waals surface area contributed by atoms with E-state index in [-0.39, 0.29) is 0 Å². The summed E-state index contributed by atoms with van der Waals surface area (Å²) in [7, 11) is 0. The number of aromatic nitrogens is 1. The van der Waals surface area contributed by atoms with Gasteiger partial charge in [0.15, 0.2) is 0 Å². The Hall–Kier alpha value is -2.54.